The maximum Gasteiger partial charge on any atom is 0.178 e. The highest BCUT2D eigenvalue weighted by Crippen LogP contribution is 2.14. The van der Waals surface area contributed by atoms with E-state index in [1.807, 2.05) is 19.9 Å². The predicted molar refractivity (Wildman–Crippen MR) is 53.0 cm³/mol. The van der Waals surface area contributed by atoms with Crippen molar-refractivity contribution >= 4 is 5.78 Å². The molecule has 0 aliphatic heterocycles. The van der Waals surface area contributed by atoms with Gasteiger partial charge in [-0.2, -0.15) is 0 Å². The summed E-state index contributed by atoms with van der Waals surface area (Å²) in [5.74, 6) is 0.0740. The lowest BCUT2D eigenvalue weighted by molar-refractivity contribution is -0.110. The largest absolute Gasteiger partial charge is 0.290 e. The molecular weight excluding hydrogens is 148 g/mol. The maximum absolute atomic E-state index is 11.1. The summed E-state index contributed by atoms with van der Waals surface area (Å²) < 4.78 is 0. The van der Waals surface area contributed by atoms with Gasteiger partial charge in [0.05, 0.1) is 0 Å². The second-order valence-electron chi connectivity index (χ2n) is 4.32. The Labute approximate surface area is 75.2 Å². The third kappa shape index (κ3) is 7.26. The van der Waals surface area contributed by atoms with E-state index in [1.165, 1.54) is 0 Å². The molecule has 0 aliphatic rings. The van der Waals surface area contributed by atoms with Gasteiger partial charge in [-0.1, -0.05) is 32.4 Å². The van der Waals surface area contributed by atoms with Crippen molar-refractivity contribution in [2.45, 2.75) is 34.6 Å². The standard InChI is InChI=1S/C11H18O/c1-9(2)8-10(12)6-7-11(3,4)5/h6-8H,1-5H3/b7-6+. The molecule has 12 heavy (non-hydrogen) atoms. The first-order valence-corrected chi connectivity index (χ1v) is 4.19. The SMILES string of the molecule is CC(C)=CC(=O)/C=C/C(C)(C)C. The van der Waals surface area contributed by atoms with E-state index in [0.29, 0.717) is 0 Å². The van der Waals surface area contributed by atoms with Crippen LogP contribution in [0.3, 0.4) is 0 Å². The first-order valence-electron chi connectivity index (χ1n) is 4.19. The van der Waals surface area contributed by atoms with E-state index in [-0.39, 0.29) is 11.2 Å². The molecule has 0 rings (SSSR count). The summed E-state index contributed by atoms with van der Waals surface area (Å²) in [5, 5.41) is 0. The van der Waals surface area contributed by atoms with Crippen LogP contribution in [0.15, 0.2) is 23.8 Å². The van der Waals surface area contributed by atoms with Crippen LogP contribution in [0.1, 0.15) is 34.6 Å². The second-order valence-corrected chi connectivity index (χ2v) is 4.32. The van der Waals surface area contributed by atoms with E-state index in [2.05, 4.69) is 20.8 Å². The molecule has 0 saturated heterocycles. The van der Waals surface area contributed by atoms with Crippen molar-refractivity contribution < 1.29 is 4.79 Å². The average Bonchev–Trinajstić information content (AvgIpc) is 1.80. The number of carbonyl (C=O) groups excluding carboxylic acids is 1. The molecule has 0 N–H and O–H groups in total. The van der Waals surface area contributed by atoms with E-state index in [1.54, 1.807) is 12.2 Å². The number of hydrogen-bond donors (Lipinski definition) is 0. The number of rotatable bonds is 2. The first kappa shape index (κ1) is 11.2. The van der Waals surface area contributed by atoms with Crippen LogP contribution in [0.25, 0.3) is 0 Å². The molecule has 0 atom stereocenters. The monoisotopic (exact) mass is 166 g/mol. The smallest absolute Gasteiger partial charge is 0.178 e. The summed E-state index contributed by atoms with van der Waals surface area (Å²) in [6.07, 6.45) is 5.20. The minimum absolute atomic E-state index is 0.0740. The van der Waals surface area contributed by atoms with Gasteiger partial charge in [0.15, 0.2) is 5.78 Å². The van der Waals surface area contributed by atoms with Crippen molar-refractivity contribution in [3.05, 3.63) is 23.8 Å². The van der Waals surface area contributed by atoms with Crippen LogP contribution in [0.4, 0.5) is 0 Å². The van der Waals surface area contributed by atoms with Gasteiger partial charge in [-0.25, -0.2) is 0 Å². The Morgan fingerprint density at radius 2 is 1.67 bits per heavy atom. The molecule has 0 unspecified atom stereocenters. The second kappa shape index (κ2) is 4.24. The molecule has 1 heteroatoms. The first-order chi connectivity index (χ1) is 5.31. The van der Waals surface area contributed by atoms with Gasteiger partial charge in [-0.15, -0.1) is 0 Å². The summed E-state index contributed by atoms with van der Waals surface area (Å²) in [5.41, 5.74) is 1.13. The number of ketones is 1. The highest BCUT2D eigenvalue weighted by Gasteiger charge is 2.04. The summed E-state index contributed by atoms with van der Waals surface area (Å²) in [6.45, 7) is 10.0. The Morgan fingerprint density at radius 3 is 2.00 bits per heavy atom. The van der Waals surface area contributed by atoms with Gasteiger partial charge in [0.1, 0.15) is 0 Å². The van der Waals surface area contributed by atoms with Crippen LogP contribution >= 0.6 is 0 Å². The molecule has 0 bridgehead atoms. The van der Waals surface area contributed by atoms with E-state index < -0.39 is 0 Å². The zero-order chi connectivity index (χ0) is 9.78. The van der Waals surface area contributed by atoms with Gasteiger partial charge < -0.3 is 0 Å². The lowest BCUT2D eigenvalue weighted by Crippen LogP contribution is -2.00. The van der Waals surface area contributed by atoms with Crippen molar-refractivity contribution in [3.8, 4) is 0 Å². The molecule has 0 heterocycles. The Kier molecular flexibility index (Phi) is 3.94. The molecular formula is C11H18O. The normalized spacial score (nSPS) is 11.8. The van der Waals surface area contributed by atoms with Crippen LogP contribution in [0.2, 0.25) is 0 Å². The third-order valence-corrected chi connectivity index (χ3v) is 1.18. The number of carbonyl (C=O) groups is 1. The Balaban J connectivity index is 4.20. The molecule has 0 spiro atoms. The van der Waals surface area contributed by atoms with Crippen molar-refractivity contribution in [2.24, 2.45) is 5.41 Å². The highest BCUT2D eigenvalue weighted by atomic mass is 16.1. The lowest BCUT2D eigenvalue weighted by Gasteiger charge is -2.10. The van der Waals surface area contributed by atoms with Gasteiger partial charge in [0.25, 0.3) is 0 Å². The van der Waals surface area contributed by atoms with E-state index in [9.17, 15) is 4.79 Å². The van der Waals surface area contributed by atoms with Gasteiger partial charge in [0, 0.05) is 0 Å². The minimum atomic E-state index is 0.0740. The maximum atomic E-state index is 11.1. The van der Waals surface area contributed by atoms with E-state index >= 15 is 0 Å². The summed E-state index contributed by atoms with van der Waals surface area (Å²) in [7, 11) is 0. The number of hydrogen-bond acceptors (Lipinski definition) is 1. The van der Waals surface area contributed by atoms with E-state index in [4.69, 9.17) is 0 Å². The summed E-state index contributed by atoms with van der Waals surface area (Å²) >= 11 is 0. The molecule has 0 fully saturated rings. The predicted octanol–water partition coefficient (Wildman–Crippen LogP) is 3.12. The molecule has 0 saturated carbocycles. The Morgan fingerprint density at radius 1 is 1.17 bits per heavy atom. The molecule has 0 aromatic heterocycles. The fourth-order valence-corrected chi connectivity index (χ4v) is 0.665. The molecule has 0 aliphatic carbocycles. The number of allylic oxidation sites excluding steroid dienone is 4. The van der Waals surface area contributed by atoms with Crippen LogP contribution in [0.5, 0.6) is 0 Å². The zero-order valence-electron chi connectivity index (χ0n) is 8.64. The van der Waals surface area contributed by atoms with E-state index in [0.717, 1.165) is 5.57 Å². The fourth-order valence-electron chi connectivity index (χ4n) is 0.665. The third-order valence-electron chi connectivity index (χ3n) is 1.18. The zero-order valence-corrected chi connectivity index (χ0v) is 8.64. The molecule has 0 radical (unpaired) electrons. The molecule has 0 aromatic carbocycles. The van der Waals surface area contributed by atoms with Crippen LogP contribution < -0.4 is 0 Å². The van der Waals surface area contributed by atoms with Gasteiger partial charge in [-0.05, 0) is 31.4 Å². The minimum Gasteiger partial charge on any atom is -0.290 e. The van der Waals surface area contributed by atoms with Crippen molar-refractivity contribution in [1.29, 1.82) is 0 Å². The molecule has 1 nitrogen and oxygen atoms in total. The van der Waals surface area contributed by atoms with Crippen LogP contribution in [-0.2, 0) is 4.79 Å². The lowest BCUT2D eigenvalue weighted by atomic mass is 9.96. The fraction of sp³-hybridized carbons (Fsp3) is 0.545. The average molecular weight is 166 g/mol. The molecule has 0 aromatic rings. The van der Waals surface area contributed by atoms with Gasteiger partial charge in [-0.3, -0.25) is 4.79 Å². The van der Waals surface area contributed by atoms with Gasteiger partial charge in [0.2, 0.25) is 0 Å². The topological polar surface area (TPSA) is 17.1 Å². The summed E-state index contributed by atoms with van der Waals surface area (Å²) in [4.78, 5) is 11.1. The highest BCUT2D eigenvalue weighted by molar-refractivity contribution is 5.99. The quantitative estimate of drug-likeness (QED) is 0.576. The Bertz CT molecular complexity index is 210. The summed E-state index contributed by atoms with van der Waals surface area (Å²) in [6, 6.07) is 0. The van der Waals surface area contributed by atoms with Crippen LogP contribution in [-0.4, -0.2) is 5.78 Å². The van der Waals surface area contributed by atoms with Gasteiger partial charge >= 0.3 is 0 Å². The Hall–Kier alpha value is -0.850. The van der Waals surface area contributed by atoms with Crippen molar-refractivity contribution in [3.63, 3.8) is 0 Å². The molecule has 68 valence electrons. The van der Waals surface area contributed by atoms with Crippen LogP contribution in [0, 0.1) is 5.41 Å². The van der Waals surface area contributed by atoms with Crippen molar-refractivity contribution in [1.82, 2.24) is 0 Å². The molecule has 0 amide bonds. The van der Waals surface area contributed by atoms with Crippen molar-refractivity contribution in [2.75, 3.05) is 0 Å².